The van der Waals surface area contributed by atoms with E-state index < -0.39 is 11.6 Å². The van der Waals surface area contributed by atoms with E-state index in [1.807, 2.05) is 13.8 Å². The van der Waals surface area contributed by atoms with Crippen molar-refractivity contribution in [3.05, 3.63) is 0 Å². The Morgan fingerprint density at radius 3 is 2.45 bits per heavy atom. The van der Waals surface area contributed by atoms with Crippen molar-refractivity contribution in [2.75, 3.05) is 6.54 Å². The number of carbonyl (C=O) groups excluding carboxylic acids is 3. The largest absolute Gasteiger partial charge is 0.352 e. The minimum atomic E-state index is -0.730. The van der Waals surface area contributed by atoms with Gasteiger partial charge in [0.15, 0.2) is 0 Å². The van der Waals surface area contributed by atoms with Crippen LogP contribution in [0.1, 0.15) is 52.4 Å². The van der Waals surface area contributed by atoms with Crippen LogP contribution < -0.4 is 10.6 Å². The smallest absolute Gasteiger partial charge is 0.325 e. The van der Waals surface area contributed by atoms with Crippen LogP contribution in [0.25, 0.3) is 0 Å². The summed E-state index contributed by atoms with van der Waals surface area (Å²) in [6.07, 6.45) is 4.93. The van der Waals surface area contributed by atoms with Crippen LogP contribution in [0.3, 0.4) is 0 Å². The Morgan fingerprint density at radius 2 is 1.90 bits per heavy atom. The summed E-state index contributed by atoms with van der Waals surface area (Å²) in [5.41, 5.74) is -0.730. The van der Waals surface area contributed by atoms with Crippen LogP contribution in [0.2, 0.25) is 0 Å². The van der Waals surface area contributed by atoms with Crippen molar-refractivity contribution in [1.82, 2.24) is 15.5 Å². The minimum absolute atomic E-state index is 0.101. The summed E-state index contributed by atoms with van der Waals surface area (Å²) in [7, 11) is 0. The maximum Gasteiger partial charge on any atom is 0.325 e. The minimum Gasteiger partial charge on any atom is -0.352 e. The van der Waals surface area contributed by atoms with Crippen molar-refractivity contribution in [2.24, 2.45) is 0 Å². The molecule has 2 rings (SSSR count). The average molecular weight is 281 g/mol. The van der Waals surface area contributed by atoms with E-state index in [0.717, 1.165) is 30.6 Å². The number of imide groups is 1. The Kier molecular flexibility index (Phi) is 4.30. The van der Waals surface area contributed by atoms with Crippen molar-refractivity contribution >= 4 is 17.8 Å². The molecule has 0 bridgehead atoms. The molecule has 2 N–H and O–H groups in total. The Morgan fingerprint density at radius 1 is 1.30 bits per heavy atom. The SMILES string of the molecule is CCC(CC)NC(=O)CN1C(=O)NC2(CCCC2)C1=O. The molecule has 1 saturated heterocycles. The van der Waals surface area contributed by atoms with Crippen LogP contribution in [0.15, 0.2) is 0 Å². The molecule has 1 spiro atoms. The molecule has 0 radical (unpaired) electrons. The van der Waals surface area contributed by atoms with E-state index in [0.29, 0.717) is 12.8 Å². The van der Waals surface area contributed by atoms with Gasteiger partial charge in [-0.2, -0.15) is 0 Å². The third-order valence-electron chi connectivity index (χ3n) is 4.36. The first-order valence-corrected chi connectivity index (χ1v) is 7.46. The van der Waals surface area contributed by atoms with Crippen molar-refractivity contribution in [2.45, 2.75) is 64.0 Å². The Bertz CT molecular complexity index is 412. The average Bonchev–Trinajstić information content (AvgIpc) is 2.98. The number of carbonyl (C=O) groups is 3. The van der Waals surface area contributed by atoms with Gasteiger partial charge in [0.05, 0.1) is 0 Å². The molecule has 1 aliphatic carbocycles. The Hall–Kier alpha value is -1.59. The number of hydrogen-bond acceptors (Lipinski definition) is 3. The molecular weight excluding hydrogens is 258 g/mol. The lowest BCUT2D eigenvalue weighted by Gasteiger charge is -2.20. The van der Waals surface area contributed by atoms with Gasteiger partial charge in [0.2, 0.25) is 5.91 Å². The van der Waals surface area contributed by atoms with Crippen LogP contribution in [-0.2, 0) is 9.59 Å². The number of nitrogens with zero attached hydrogens (tertiary/aromatic N) is 1. The summed E-state index contributed by atoms with van der Waals surface area (Å²) in [5, 5.41) is 5.62. The molecule has 1 heterocycles. The van der Waals surface area contributed by atoms with Crippen molar-refractivity contribution in [3.8, 4) is 0 Å². The van der Waals surface area contributed by atoms with Crippen LogP contribution in [0, 0.1) is 0 Å². The molecule has 2 aliphatic rings. The summed E-state index contributed by atoms with van der Waals surface area (Å²) >= 11 is 0. The standard InChI is InChI=1S/C14H23N3O3/c1-3-10(4-2)15-11(18)9-17-12(19)14(16-13(17)20)7-5-6-8-14/h10H,3-9H2,1-2H3,(H,15,18)(H,16,20). The number of urea groups is 1. The summed E-state index contributed by atoms with van der Waals surface area (Å²) in [6, 6.07) is -0.333. The van der Waals surface area contributed by atoms with Gasteiger partial charge in [-0.1, -0.05) is 26.7 Å². The van der Waals surface area contributed by atoms with Crippen LogP contribution in [0.5, 0.6) is 0 Å². The van der Waals surface area contributed by atoms with Gasteiger partial charge in [-0.15, -0.1) is 0 Å². The van der Waals surface area contributed by atoms with Gasteiger partial charge in [0, 0.05) is 6.04 Å². The summed E-state index contributed by atoms with van der Waals surface area (Å²) in [5.74, 6) is -0.503. The van der Waals surface area contributed by atoms with Gasteiger partial charge in [-0.05, 0) is 25.7 Å². The maximum atomic E-state index is 12.4. The highest BCUT2D eigenvalue weighted by atomic mass is 16.2. The van der Waals surface area contributed by atoms with Crippen molar-refractivity contribution < 1.29 is 14.4 Å². The highest BCUT2D eigenvalue weighted by molar-refractivity contribution is 6.09. The molecule has 0 aromatic heterocycles. The number of rotatable bonds is 5. The number of hydrogen-bond donors (Lipinski definition) is 2. The topological polar surface area (TPSA) is 78.5 Å². The molecule has 0 unspecified atom stereocenters. The second-order valence-corrected chi connectivity index (χ2v) is 5.69. The normalized spacial score (nSPS) is 20.9. The monoisotopic (exact) mass is 281 g/mol. The van der Waals surface area contributed by atoms with Gasteiger partial charge >= 0.3 is 6.03 Å². The Labute approximate surface area is 119 Å². The predicted molar refractivity (Wildman–Crippen MR) is 74.0 cm³/mol. The molecule has 6 heteroatoms. The lowest BCUT2D eigenvalue weighted by molar-refractivity contribution is -0.135. The number of amides is 4. The van der Waals surface area contributed by atoms with Crippen LogP contribution >= 0.6 is 0 Å². The Balaban J connectivity index is 1.97. The molecule has 2 fully saturated rings. The van der Waals surface area contributed by atoms with E-state index in [2.05, 4.69) is 10.6 Å². The summed E-state index contributed by atoms with van der Waals surface area (Å²) < 4.78 is 0. The van der Waals surface area contributed by atoms with Gasteiger partial charge in [-0.25, -0.2) is 4.79 Å². The van der Waals surface area contributed by atoms with Crippen molar-refractivity contribution in [1.29, 1.82) is 0 Å². The molecule has 1 saturated carbocycles. The summed E-state index contributed by atoms with van der Waals surface area (Å²) in [6.45, 7) is 3.81. The van der Waals surface area contributed by atoms with Crippen molar-refractivity contribution in [3.63, 3.8) is 0 Å². The first-order chi connectivity index (χ1) is 9.52. The first-order valence-electron chi connectivity index (χ1n) is 7.46. The fourth-order valence-corrected chi connectivity index (χ4v) is 3.05. The van der Waals surface area contributed by atoms with Crippen LogP contribution in [-0.4, -0.2) is 40.9 Å². The molecule has 4 amide bonds. The lowest BCUT2D eigenvalue weighted by Crippen LogP contribution is -2.46. The third-order valence-corrected chi connectivity index (χ3v) is 4.36. The first kappa shape index (κ1) is 14.8. The third kappa shape index (κ3) is 2.64. The lowest BCUT2D eigenvalue weighted by atomic mass is 9.98. The molecule has 1 aliphatic heterocycles. The van der Waals surface area contributed by atoms with Crippen LogP contribution in [0.4, 0.5) is 4.79 Å². The second kappa shape index (κ2) is 5.81. The molecular formula is C14H23N3O3. The fraction of sp³-hybridized carbons (Fsp3) is 0.786. The van der Waals surface area contributed by atoms with E-state index >= 15 is 0 Å². The van der Waals surface area contributed by atoms with E-state index in [-0.39, 0.29) is 24.4 Å². The van der Waals surface area contributed by atoms with E-state index in [9.17, 15) is 14.4 Å². The zero-order valence-electron chi connectivity index (χ0n) is 12.2. The molecule has 112 valence electrons. The van der Waals surface area contributed by atoms with E-state index in [1.54, 1.807) is 0 Å². The van der Waals surface area contributed by atoms with Gasteiger partial charge in [0.1, 0.15) is 12.1 Å². The van der Waals surface area contributed by atoms with Gasteiger partial charge < -0.3 is 10.6 Å². The van der Waals surface area contributed by atoms with Gasteiger partial charge in [0.25, 0.3) is 5.91 Å². The van der Waals surface area contributed by atoms with E-state index in [4.69, 9.17) is 0 Å². The molecule has 20 heavy (non-hydrogen) atoms. The molecule has 6 nitrogen and oxygen atoms in total. The highest BCUT2D eigenvalue weighted by Crippen LogP contribution is 2.34. The van der Waals surface area contributed by atoms with E-state index in [1.165, 1.54) is 0 Å². The zero-order valence-corrected chi connectivity index (χ0v) is 12.2. The molecule has 0 aromatic rings. The van der Waals surface area contributed by atoms with Gasteiger partial charge in [-0.3, -0.25) is 14.5 Å². The highest BCUT2D eigenvalue weighted by Gasteiger charge is 2.52. The maximum absolute atomic E-state index is 12.4. The number of nitrogens with one attached hydrogen (secondary N) is 2. The fourth-order valence-electron chi connectivity index (χ4n) is 3.05. The summed E-state index contributed by atoms with van der Waals surface area (Å²) in [4.78, 5) is 37.3. The predicted octanol–water partition coefficient (Wildman–Crippen LogP) is 1.16. The molecule has 0 aromatic carbocycles. The zero-order chi connectivity index (χ0) is 14.8. The quantitative estimate of drug-likeness (QED) is 0.742. The second-order valence-electron chi connectivity index (χ2n) is 5.69. The molecule has 0 atom stereocenters.